The number of hydrogen-bond donors (Lipinski definition) is 10. The van der Waals surface area contributed by atoms with E-state index in [-0.39, 0.29) is 32.1 Å². The predicted octanol–water partition coefficient (Wildman–Crippen LogP) is 16.0. The average Bonchev–Trinajstić information content (AvgIpc) is 0.754. The van der Waals surface area contributed by atoms with Crippen LogP contribution < -0.4 is 0 Å². The molecule has 0 bridgehead atoms. The van der Waals surface area contributed by atoms with Crippen molar-refractivity contribution < 1.29 is 122 Å². The predicted molar refractivity (Wildman–Crippen MR) is 439 cm³/mol. The van der Waals surface area contributed by atoms with E-state index in [1.807, 2.05) is 0 Å². The maximum atomic E-state index is 14.9. The van der Waals surface area contributed by atoms with E-state index in [9.17, 15) is 74.6 Å². The number of unbranched alkanes of at least 4 members (excludes halogenated alkanes) is 40. The van der Waals surface area contributed by atoms with Gasteiger partial charge in [0.15, 0.2) is 24.8 Å². The minimum Gasteiger partial charge on any atom is -0.463 e. The Kier molecular flexibility index (Phi) is 61.5. The van der Waals surface area contributed by atoms with E-state index < -0.39 is 162 Å². The van der Waals surface area contributed by atoms with Gasteiger partial charge in [0.2, 0.25) is 0 Å². The fourth-order valence-corrected chi connectivity index (χ4v) is 15.9. The molecule has 0 aromatic carbocycles. The second-order valence-corrected chi connectivity index (χ2v) is 34.1. The number of aliphatic hydroxyl groups excluding tert-OH is 9. The van der Waals surface area contributed by atoms with Gasteiger partial charge in [-0.3, -0.25) is 28.2 Å². The zero-order chi connectivity index (χ0) is 83.4. The second kappa shape index (κ2) is 66.6. The summed E-state index contributed by atoms with van der Waals surface area (Å²) < 4.78 is 73.2. The number of aliphatic hydroxyl groups is 9. The van der Waals surface area contributed by atoms with Crippen molar-refractivity contribution in [3.63, 3.8) is 0 Å². The molecule has 2 aliphatic heterocycles. The Bertz CT molecular complexity index is 2490. The topological polar surface area (TPSA) is 380 Å². The van der Waals surface area contributed by atoms with E-state index in [0.717, 1.165) is 116 Å². The van der Waals surface area contributed by atoms with Crippen LogP contribution in [-0.2, 0) is 70.7 Å². The van der Waals surface area contributed by atoms with Gasteiger partial charge in [0, 0.05) is 25.7 Å². The van der Waals surface area contributed by atoms with Crippen molar-refractivity contribution in [2.75, 3.05) is 26.4 Å². The first-order chi connectivity index (χ1) is 55.1. The molecule has 3 rings (SSSR count). The molecule has 114 heavy (non-hydrogen) atoms. The minimum atomic E-state index is -5.81. The van der Waals surface area contributed by atoms with E-state index in [0.29, 0.717) is 44.4 Å². The maximum absolute atomic E-state index is 14.9. The third-order valence-electron chi connectivity index (χ3n) is 22.3. The summed E-state index contributed by atoms with van der Waals surface area (Å²) in [5.41, 5.74) is 0. The van der Waals surface area contributed by atoms with Crippen molar-refractivity contribution in [2.24, 2.45) is 5.92 Å². The van der Waals surface area contributed by atoms with Crippen LogP contribution in [0.4, 0.5) is 0 Å². The molecule has 1 aliphatic carbocycles. The van der Waals surface area contributed by atoms with Gasteiger partial charge in [-0.2, -0.15) is 0 Å². The molecule has 26 heteroatoms. The molecule has 2 saturated heterocycles. The van der Waals surface area contributed by atoms with Crippen LogP contribution in [0.1, 0.15) is 375 Å². The molecule has 1 saturated carbocycles. The number of rotatable bonds is 72. The molecule has 0 aromatic heterocycles. The summed E-state index contributed by atoms with van der Waals surface area (Å²) >= 11 is 0. The molecule has 0 amide bonds. The Morgan fingerprint density at radius 3 is 1.14 bits per heavy atom. The van der Waals surface area contributed by atoms with E-state index in [1.165, 1.54) is 154 Å². The van der Waals surface area contributed by atoms with Gasteiger partial charge >= 0.3 is 31.7 Å². The third-order valence-corrected chi connectivity index (χ3v) is 23.3. The van der Waals surface area contributed by atoms with E-state index in [1.54, 1.807) is 0 Å². The largest absolute Gasteiger partial charge is 0.472 e. The normalized spacial score (nSPS) is 25.7. The SMILES string of the molecule is CCCCCCCC/C=C\CCCCCC(=O)OC(COC(=O)CCCCCCCCCCCCCCC)COP(=O)(O)OC1C(OC2OC(CO)C(O)C(O)C2O)C(O)C(O)C(OC(=O)CCCCC/C=C\CCCCCCCC)C1OC1OC(COC(=O)CCCCCCCCC(C)CCCCCCCC)C(O)C(O)C1O. The number of phosphoric acid groups is 1. The highest BCUT2D eigenvalue weighted by molar-refractivity contribution is 7.47. The van der Waals surface area contributed by atoms with Crippen molar-refractivity contribution in [1.29, 1.82) is 0 Å². The first-order valence-electron chi connectivity index (χ1n) is 45.5. The van der Waals surface area contributed by atoms with Crippen molar-refractivity contribution in [2.45, 2.75) is 479 Å². The van der Waals surface area contributed by atoms with Crippen LogP contribution in [0.25, 0.3) is 0 Å². The highest BCUT2D eigenvalue weighted by atomic mass is 31.2. The minimum absolute atomic E-state index is 0.0125. The van der Waals surface area contributed by atoms with Gasteiger partial charge in [-0.1, -0.05) is 296 Å². The van der Waals surface area contributed by atoms with Gasteiger partial charge in [0.05, 0.1) is 13.2 Å². The van der Waals surface area contributed by atoms with Gasteiger partial charge in [0.1, 0.15) is 92.6 Å². The molecule has 19 unspecified atom stereocenters. The molecular formula is C88H161O25P. The van der Waals surface area contributed by atoms with Crippen molar-refractivity contribution >= 4 is 31.7 Å². The van der Waals surface area contributed by atoms with Gasteiger partial charge in [-0.25, -0.2) is 4.57 Å². The summed E-state index contributed by atoms with van der Waals surface area (Å²) in [6.07, 6.45) is 23.6. The Hall–Kier alpha value is -3.05. The van der Waals surface area contributed by atoms with Crippen LogP contribution in [-0.4, -0.2) is 205 Å². The number of hydrogen-bond acceptors (Lipinski definition) is 24. The summed E-state index contributed by atoms with van der Waals surface area (Å²) in [4.78, 5) is 66.3. The number of phosphoric ester groups is 1. The fourth-order valence-electron chi connectivity index (χ4n) is 15.0. The third kappa shape index (κ3) is 47.2. The van der Waals surface area contributed by atoms with Gasteiger partial charge in [-0.05, 0) is 83.0 Å². The molecule has 3 aliphatic rings. The monoisotopic (exact) mass is 1650 g/mol. The summed E-state index contributed by atoms with van der Waals surface area (Å²) in [6.45, 7) is 7.85. The zero-order valence-corrected chi connectivity index (χ0v) is 71.9. The van der Waals surface area contributed by atoms with Gasteiger partial charge in [-0.15, -0.1) is 0 Å². The first kappa shape index (κ1) is 105. The van der Waals surface area contributed by atoms with Gasteiger partial charge < -0.3 is 88.7 Å². The molecule has 0 aromatic rings. The van der Waals surface area contributed by atoms with Crippen LogP contribution >= 0.6 is 7.82 Å². The lowest BCUT2D eigenvalue weighted by molar-refractivity contribution is -0.360. The van der Waals surface area contributed by atoms with E-state index in [4.69, 9.17) is 46.9 Å². The summed E-state index contributed by atoms with van der Waals surface area (Å²) in [5, 5.41) is 102. The number of ether oxygens (including phenoxy) is 8. The van der Waals surface area contributed by atoms with E-state index >= 15 is 0 Å². The van der Waals surface area contributed by atoms with Crippen molar-refractivity contribution in [1.82, 2.24) is 0 Å². The lowest BCUT2D eigenvalue weighted by Crippen LogP contribution is -2.70. The van der Waals surface area contributed by atoms with Crippen LogP contribution in [0, 0.1) is 5.92 Å². The molecule has 2 heterocycles. The smallest absolute Gasteiger partial charge is 0.463 e. The lowest BCUT2D eigenvalue weighted by atomic mass is 9.84. The van der Waals surface area contributed by atoms with Crippen LogP contribution in [0.3, 0.4) is 0 Å². The Balaban J connectivity index is 1.94. The Morgan fingerprint density at radius 2 is 0.711 bits per heavy atom. The molecule has 668 valence electrons. The standard InChI is InChI=1S/C88H161O25P/c1-6-10-14-18-22-25-28-31-34-37-40-47-53-59-71(90)104-64-68(107-73(92)61-55-49-41-38-35-32-29-26-23-19-15-11-7-2)65-106-114(102,103)113-86-84(111-87-81(100)77(96)75(94)69(63-89)108-87)80(99)79(98)83(110-74(93)62-56-50-42-39-36-33-30-27-24-20-16-12-8-3)85(86)112-88-82(101)78(97)76(95)70(109-88)66-105-72(91)60-54-48-44-43-46-52-58-67(5)57-51-45-21-17-13-9-4/h32-33,35-36,67-70,75-89,94-101H,6-31,34,37-66H2,1-5H3,(H,102,103)/b35-32-,36-33-. The first-order valence-corrected chi connectivity index (χ1v) is 47.0. The number of carbonyl (C=O) groups excluding carboxylic acids is 4. The highest BCUT2D eigenvalue weighted by Crippen LogP contribution is 2.49. The molecule has 19 atom stereocenters. The molecular weight excluding hydrogens is 1490 g/mol. The van der Waals surface area contributed by atoms with Gasteiger partial charge in [0.25, 0.3) is 0 Å². The average molecular weight is 1650 g/mol. The highest BCUT2D eigenvalue weighted by Gasteiger charge is 2.60. The summed E-state index contributed by atoms with van der Waals surface area (Å²) in [7, 11) is -5.81. The second-order valence-electron chi connectivity index (χ2n) is 32.7. The summed E-state index contributed by atoms with van der Waals surface area (Å²) in [6, 6.07) is 0. The van der Waals surface area contributed by atoms with Crippen LogP contribution in [0.2, 0.25) is 0 Å². The number of esters is 4. The number of allylic oxidation sites excluding steroid dienone is 4. The van der Waals surface area contributed by atoms with E-state index in [2.05, 4.69) is 58.9 Å². The molecule has 0 radical (unpaired) electrons. The quantitative estimate of drug-likeness (QED) is 0.00889. The maximum Gasteiger partial charge on any atom is 0.472 e. The number of carbonyl (C=O) groups is 4. The lowest BCUT2D eigenvalue weighted by Gasteiger charge is -2.50. The van der Waals surface area contributed by atoms with Crippen molar-refractivity contribution in [3.8, 4) is 0 Å². The molecule has 0 spiro atoms. The fraction of sp³-hybridized carbons (Fsp3) is 0.909. The molecule has 25 nitrogen and oxygen atoms in total. The van der Waals surface area contributed by atoms with Crippen LogP contribution in [0.5, 0.6) is 0 Å². The van der Waals surface area contributed by atoms with Crippen LogP contribution in [0.15, 0.2) is 24.3 Å². The van der Waals surface area contributed by atoms with Crippen molar-refractivity contribution in [3.05, 3.63) is 24.3 Å². The zero-order valence-electron chi connectivity index (χ0n) is 71.0. The molecule has 3 fully saturated rings. The Labute approximate surface area is 685 Å². The Morgan fingerprint density at radius 1 is 0.368 bits per heavy atom. The molecule has 10 N–H and O–H groups in total. The summed E-state index contributed by atoms with van der Waals surface area (Å²) in [5.74, 6) is -2.32.